The van der Waals surface area contributed by atoms with Crippen molar-refractivity contribution in [3.05, 3.63) is 47.7 Å². The third-order valence-corrected chi connectivity index (χ3v) is 2.71. The molecule has 0 aliphatic carbocycles. The van der Waals surface area contributed by atoms with Gasteiger partial charge in [-0.05, 0) is 30.7 Å². The van der Waals surface area contributed by atoms with Crippen LogP contribution in [0.25, 0.3) is 0 Å². The van der Waals surface area contributed by atoms with Crippen LogP contribution in [0.15, 0.2) is 36.5 Å². The third-order valence-electron chi connectivity index (χ3n) is 2.71. The van der Waals surface area contributed by atoms with E-state index in [1.54, 1.807) is 13.3 Å². The van der Waals surface area contributed by atoms with Crippen LogP contribution in [0.4, 0.5) is 5.69 Å². The van der Waals surface area contributed by atoms with Gasteiger partial charge in [0.1, 0.15) is 12.4 Å². The maximum absolute atomic E-state index is 5.95. The number of benzene rings is 1. The number of rotatable bonds is 4. The molecule has 1 heterocycles. The van der Waals surface area contributed by atoms with Crippen molar-refractivity contribution in [3.63, 3.8) is 0 Å². The molecule has 2 rings (SSSR count). The molecular weight excluding hydrogens is 228 g/mol. The topological polar surface area (TPSA) is 57.4 Å². The fourth-order valence-electron chi connectivity index (χ4n) is 1.65. The first kappa shape index (κ1) is 12.2. The van der Waals surface area contributed by atoms with Crippen LogP contribution in [0.2, 0.25) is 0 Å². The van der Waals surface area contributed by atoms with Gasteiger partial charge in [0.2, 0.25) is 5.88 Å². The van der Waals surface area contributed by atoms with Crippen LogP contribution in [0.5, 0.6) is 11.6 Å². The molecule has 18 heavy (non-hydrogen) atoms. The molecule has 0 aliphatic rings. The first-order valence-corrected chi connectivity index (χ1v) is 5.68. The molecule has 1 aromatic carbocycles. The summed E-state index contributed by atoms with van der Waals surface area (Å²) in [5.74, 6) is 1.25. The van der Waals surface area contributed by atoms with E-state index in [9.17, 15) is 0 Å². The Hall–Kier alpha value is -2.23. The summed E-state index contributed by atoms with van der Waals surface area (Å²) in [5, 5.41) is 0. The highest BCUT2D eigenvalue weighted by molar-refractivity contribution is 5.57. The first-order valence-electron chi connectivity index (χ1n) is 5.68. The highest BCUT2D eigenvalue weighted by atomic mass is 16.5. The molecule has 0 aliphatic heterocycles. The molecule has 94 valence electrons. The Bertz CT molecular complexity index is 541. The number of nitrogens with two attached hydrogens (primary N) is 1. The van der Waals surface area contributed by atoms with E-state index >= 15 is 0 Å². The van der Waals surface area contributed by atoms with Crippen molar-refractivity contribution in [1.82, 2.24) is 4.98 Å². The van der Waals surface area contributed by atoms with Gasteiger partial charge in [0.05, 0.1) is 18.4 Å². The minimum Gasteiger partial charge on any atom is -0.487 e. The Balaban J connectivity index is 2.14. The maximum atomic E-state index is 5.95. The lowest BCUT2D eigenvalue weighted by Gasteiger charge is -2.11. The molecule has 0 unspecified atom stereocenters. The fourth-order valence-corrected chi connectivity index (χ4v) is 1.65. The minimum absolute atomic E-state index is 0.380. The number of hydrogen-bond donors (Lipinski definition) is 1. The van der Waals surface area contributed by atoms with E-state index in [1.807, 2.05) is 37.3 Å². The summed E-state index contributed by atoms with van der Waals surface area (Å²) >= 11 is 0. The van der Waals surface area contributed by atoms with E-state index in [4.69, 9.17) is 15.2 Å². The zero-order valence-corrected chi connectivity index (χ0v) is 10.5. The molecular formula is C14H16N2O2. The van der Waals surface area contributed by atoms with Gasteiger partial charge in [-0.1, -0.05) is 12.1 Å². The Morgan fingerprint density at radius 1 is 1.22 bits per heavy atom. The Morgan fingerprint density at radius 3 is 2.83 bits per heavy atom. The molecule has 0 fully saturated rings. The van der Waals surface area contributed by atoms with Crippen LogP contribution in [0, 0.1) is 6.92 Å². The number of methoxy groups -OCH3 is 1. The van der Waals surface area contributed by atoms with Gasteiger partial charge in [0, 0.05) is 6.20 Å². The van der Waals surface area contributed by atoms with Crippen LogP contribution in [0.3, 0.4) is 0 Å². The standard InChI is InChI=1S/C14H16N2O2/c1-10-5-3-7-12(13(10)15)18-9-11-6-4-8-16-14(11)17-2/h3-8H,9,15H2,1-2H3. The summed E-state index contributed by atoms with van der Waals surface area (Å²) < 4.78 is 10.9. The van der Waals surface area contributed by atoms with Gasteiger partial charge >= 0.3 is 0 Å². The summed E-state index contributed by atoms with van der Waals surface area (Å²) in [7, 11) is 1.59. The van der Waals surface area contributed by atoms with E-state index in [0.29, 0.717) is 23.9 Å². The zero-order chi connectivity index (χ0) is 13.0. The maximum Gasteiger partial charge on any atom is 0.219 e. The Morgan fingerprint density at radius 2 is 2.06 bits per heavy atom. The average Bonchev–Trinajstić information content (AvgIpc) is 2.41. The molecule has 0 saturated heterocycles. The lowest BCUT2D eigenvalue weighted by Crippen LogP contribution is -2.02. The second kappa shape index (κ2) is 5.40. The second-order valence-electron chi connectivity index (χ2n) is 3.95. The van der Waals surface area contributed by atoms with Gasteiger partial charge in [0.15, 0.2) is 0 Å². The van der Waals surface area contributed by atoms with Gasteiger partial charge in [-0.15, -0.1) is 0 Å². The average molecular weight is 244 g/mol. The van der Waals surface area contributed by atoms with Gasteiger partial charge in [-0.2, -0.15) is 0 Å². The van der Waals surface area contributed by atoms with Crippen molar-refractivity contribution in [2.24, 2.45) is 0 Å². The van der Waals surface area contributed by atoms with E-state index in [1.165, 1.54) is 0 Å². The predicted molar refractivity (Wildman–Crippen MR) is 70.7 cm³/mol. The van der Waals surface area contributed by atoms with Crippen molar-refractivity contribution in [2.45, 2.75) is 13.5 Å². The van der Waals surface area contributed by atoms with Crippen molar-refractivity contribution >= 4 is 5.69 Å². The first-order chi connectivity index (χ1) is 8.72. The highest BCUT2D eigenvalue weighted by Gasteiger charge is 2.06. The fraction of sp³-hybridized carbons (Fsp3) is 0.214. The lowest BCUT2D eigenvalue weighted by atomic mass is 10.2. The number of nitrogens with zero attached hydrogens (tertiary/aromatic N) is 1. The summed E-state index contributed by atoms with van der Waals surface area (Å²) in [6.45, 7) is 2.33. The number of aromatic nitrogens is 1. The van der Waals surface area contributed by atoms with Crippen molar-refractivity contribution in [1.29, 1.82) is 0 Å². The minimum atomic E-state index is 0.380. The van der Waals surface area contributed by atoms with Crippen LogP contribution < -0.4 is 15.2 Å². The molecule has 2 N–H and O–H groups in total. The van der Waals surface area contributed by atoms with Gasteiger partial charge < -0.3 is 15.2 Å². The largest absolute Gasteiger partial charge is 0.487 e. The SMILES string of the molecule is COc1ncccc1COc1cccc(C)c1N. The van der Waals surface area contributed by atoms with E-state index in [0.717, 1.165) is 11.1 Å². The summed E-state index contributed by atoms with van der Waals surface area (Å²) in [6.07, 6.45) is 1.68. The number of pyridine rings is 1. The number of nitrogen functional groups attached to an aromatic ring is 1. The van der Waals surface area contributed by atoms with Gasteiger partial charge in [-0.3, -0.25) is 0 Å². The third kappa shape index (κ3) is 2.53. The monoisotopic (exact) mass is 244 g/mol. The molecule has 0 radical (unpaired) electrons. The lowest BCUT2D eigenvalue weighted by molar-refractivity contribution is 0.295. The van der Waals surface area contributed by atoms with Gasteiger partial charge in [0.25, 0.3) is 0 Å². The number of para-hydroxylation sites is 1. The van der Waals surface area contributed by atoms with Crippen LogP contribution >= 0.6 is 0 Å². The second-order valence-corrected chi connectivity index (χ2v) is 3.95. The van der Waals surface area contributed by atoms with Crippen molar-refractivity contribution in [2.75, 3.05) is 12.8 Å². The molecule has 0 amide bonds. The summed E-state index contributed by atoms with van der Waals surface area (Å²) in [6, 6.07) is 9.48. The Labute approximate surface area is 106 Å². The summed E-state index contributed by atoms with van der Waals surface area (Å²) in [4.78, 5) is 4.12. The number of anilines is 1. The zero-order valence-electron chi connectivity index (χ0n) is 10.5. The summed E-state index contributed by atoms with van der Waals surface area (Å²) in [5.41, 5.74) is 8.51. The number of ether oxygens (including phenoxy) is 2. The molecule has 0 saturated carbocycles. The van der Waals surface area contributed by atoms with Crippen molar-refractivity contribution < 1.29 is 9.47 Å². The molecule has 1 aromatic heterocycles. The smallest absolute Gasteiger partial charge is 0.219 e. The highest BCUT2D eigenvalue weighted by Crippen LogP contribution is 2.26. The predicted octanol–water partition coefficient (Wildman–Crippen LogP) is 2.56. The molecule has 4 heteroatoms. The molecule has 4 nitrogen and oxygen atoms in total. The Kier molecular flexibility index (Phi) is 3.67. The number of aryl methyl sites for hydroxylation is 1. The molecule has 0 spiro atoms. The quantitative estimate of drug-likeness (QED) is 0.840. The van der Waals surface area contributed by atoms with Crippen LogP contribution in [0.1, 0.15) is 11.1 Å². The van der Waals surface area contributed by atoms with Gasteiger partial charge in [-0.25, -0.2) is 4.98 Å². The van der Waals surface area contributed by atoms with Crippen LogP contribution in [-0.2, 0) is 6.61 Å². The van der Waals surface area contributed by atoms with Crippen LogP contribution in [-0.4, -0.2) is 12.1 Å². The normalized spacial score (nSPS) is 10.1. The van der Waals surface area contributed by atoms with Crippen molar-refractivity contribution in [3.8, 4) is 11.6 Å². The molecule has 2 aromatic rings. The number of hydrogen-bond acceptors (Lipinski definition) is 4. The van der Waals surface area contributed by atoms with E-state index in [2.05, 4.69) is 4.98 Å². The molecule has 0 atom stereocenters. The van der Waals surface area contributed by atoms with E-state index in [-0.39, 0.29) is 0 Å². The van der Waals surface area contributed by atoms with E-state index < -0.39 is 0 Å². The molecule has 0 bridgehead atoms.